The molecule has 0 aliphatic rings. The maximum absolute atomic E-state index is 13.4. The van der Waals surface area contributed by atoms with E-state index in [0.717, 1.165) is 10.1 Å². The molecule has 9 heteroatoms. The van der Waals surface area contributed by atoms with E-state index in [1.165, 1.54) is 29.4 Å². The molecule has 0 fully saturated rings. The van der Waals surface area contributed by atoms with Gasteiger partial charge in [0.15, 0.2) is 0 Å². The van der Waals surface area contributed by atoms with Gasteiger partial charge in [0, 0.05) is 32.7 Å². The van der Waals surface area contributed by atoms with Crippen LogP contribution in [0.5, 0.6) is 5.75 Å². The second-order valence-corrected chi connectivity index (χ2v) is 6.97. The number of aromatic hydroxyl groups is 1. The Morgan fingerprint density at radius 3 is 2.42 bits per heavy atom. The Hall–Kier alpha value is -4.27. The van der Waals surface area contributed by atoms with E-state index in [4.69, 9.17) is 0 Å². The van der Waals surface area contributed by atoms with Gasteiger partial charge in [-0.05, 0) is 23.8 Å². The fraction of sp³-hybridized carbons (Fsp3) is 0.136. The van der Waals surface area contributed by atoms with Crippen molar-refractivity contribution in [3.63, 3.8) is 0 Å². The third-order valence-corrected chi connectivity index (χ3v) is 5.00. The number of benzene rings is 1. The van der Waals surface area contributed by atoms with Crippen LogP contribution in [0.2, 0.25) is 0 Å². The molecule has 0 radical (unpaired) electrons. The van der Waals surface area contributed by atoms with Crippen molar-refractivity contribution in [1.29, 1.82) is 0 Å². The number of hydrogen-bond acceptors (Lipinski definition) is 6. The standard InChI is InChI=1S/C22H19N5O4/c1-25-19-17(21(30)26(2)22(25)31)18(28)16(13-24-12-14-7-6-10-23-11-14)20(29)27(19)15-8-4-3-5-9-15/h3-11,13,28H,12H2,1-2H3. The highest BCUT2D eigenvalue weighted by atomic mass is 16.3. The molecule has 156 valence electrons. The molecule has 0 spiro atoms. The van der Waals surface area contributed by atoms with E-state index in [-0.39, 0.29) is 23.1 Å². The van der Waals surface area contributed by atoms with Gasteiger partial charge in [-0.3, -0.25) is 33.3 Å². The van der Waals surface area contributed by atoms with Crippen molar-refractivity contribution in [3.05, 3.63) is 97.2 Å². The number of aromatic nitrogens is 4. The van der Waals surface area contributed by atoms with Gasteiger partial charge in [0.05, 0.1) is 12.2 Å². The third kappa shape index (κ3) is 3.35. The third-order valence-electron chi connectivity index (χ3n) is 5.00. The topological polar surface area (TPSA) is 111 Å². The maximum atomic E-state index is 13.4. The van der Waals surface area contributed by atoms with Gasteiger partial charge in [-0.2, -0.15) is 0 Å². The van der Waals surface area contributed by atoms with Crippen molar-refractivity contribution >= 4 is 17.2 Å². The largest absolute Gasteiger partial charge is 0.506 e. The predicted octanol–water partition coefficient (Wildman–Crippen LogP) is 1.11. The summed E-state index contributed by atoms with van der Waals surface area (Å²) >= 11 is 0. The highest BCUT2D eigenvalue weighted by Gasteiger charge is 2.22. The lowest BCUT2D eigenvalue weighted by atomic mass is 10.1. The van der Waals surface area contributed by atoms with Crippen molar-refractivity contribution in [3.8, 4) is 11.4 Å². The highest BCUT2D eigenvalue weighted by Crippen LogP contribution is 2.23. The Labute approximate surface area is 175 Å². The lowest BCUT2D eigenvalue weighted by molar-refractivity contribution is 0.477. The Bertz CT molecular complexity index is 1480. The number of nitrogens with zero attached hydrogens (tertiary/aromatic N) is 5. The molecule has 0 unspecified atom stereocenters. The molecule has 31 heavy (non-hydrogen) atoms. The van der Waals surface area contributed by atoms with Gasteiger partial charge < -0.3 is 5.11 Å². The minimum atomic E-state index is -0.706. The van der Waals surface area contributed by atoms with Crippen molar-refractivity contribution in [2.45, 2.75) is 6.54 Å². The zero-order valence-electron chi connectivity index (χ0n) is 16.9. The lowest BCUT2D eigenvalue weighted by Gasteiger charge is -2.16. The van der Waals surface area contributed by atoms with Gasteiger partial charge in [-0.1, -0.05) is 24.3 Å². The predicted molar refractivity (Wildman–Crippen MR) is 117 cm³/mol. The Morgan fingerprint density at radius 2 is 1.74 bits per heavy atom. The molecule has 0 bridgehead atoms. The van der Waals surface area contributed by atoms with Gasteiger partial charge in [-0.15, -0.1) is 0 Å². The van der Waals surface area contributed by atoms with Crippen LogP contribution in [0.25, 0.3) is 16.7 Å². The summed E-state index contributed by atoms with van der Waals surface area (Å²) in [6, 6.07) is 12.2. The van der Waals surface area contributed by atoms with E-state index >= 15 is 0 Å². The second-order valence-electron chi connectivity index (χ2n) is 6.97. The fourth-order valence-corrected chi connectivity index (χ4v) is 3.42. The van der Waals surface area contributed by atoms with Crippen LogP contribution >= 0.6 is 0 Å². The molecule has 4 aromatic rings. The quantitative estimate of drug-likeness (QED) is 0.500. The summed E-state index contributed by atoms with van der Waals surface area (Å²) in [7, 11) is 2.76. The molecule has 3 heterocycles. The molecular weight excluding hydrogens is 398 g/mol. The van der Waals surface area contributed by atoms with Crippen LogP contribution in [0.15, 0.2) is 74.2 Å². The van der Waals surface area contributed by atoms with Gasteiger partial charge in [0.25, 0.3) is 11.1 Å². The summed E-state index contributed by atoms with van der Waals surface area (Å²) in [5.41, 5.74) is -0.791. The summed E-state index contributed by atoms with van der Waals surface area (Å²) < 4.78 is 3.29. The Morgan fingerprint density at radius 1 is 1.00 bits per heavy atom. The summed E-state index contributed by atoms with van der Waals surface area (Å²) in [6.07, 6.45) is 4.53. The van der Waals surface area contributed by atoms with Crippen molar-refractivity contribution in [2.24, 2.45) is 19.1 Å². The molecule has 0 atom stereocenters. The fourth-order valence-electron chi connectivity index (χ4n) is 3.42. The number of hydrogen-bond donors (Lipinski definition) is 1. The van der Waals surface area contributed by atoms with Gasteiger partial charge in [-0.25, -0.2) is 4.79 Å². The first-order chi connectivity index (χ1) is 14.9. The number of aryl methyl sites for hydroxylation is 1. The van der Waals surface area contributed by atoms with Crippen LogP contribution in [-0.4, -0.2) is 30.0 Å². The summed E-state index contributed by atoms with van der Waals surface area (Å²) in [5, 5.41) is 10.7. The van der Waals surface area contributed by atoms with Crippen LogP contribution < -0.4 is 16.8 Å². The number of para-hydroxylation sites is 1. The van der Waals surface area contributed by atoms with E-state index in [9.17, 15) is 19.5 Å². The molecule has 0 aliphatic carbocycles. The van der Waals surface area contributed by atoms with Crippen LogP contribution in [0.3, 0.4) is 0 Å². The normalized spacial score (nSPS) is 11.4. The van der Waals surface area contributed by atoms with E-state index in [1.807, 2.05) is 6.07 Å². The minimum absolute atomic E-state index is 0.00575. The Balaban J connectivity index is 2.06. The summed E-state index contributed by atoms with van der Waals surface area (Å²) in [6.45, 7) is 0.237. The van der Waals surface area contributed by atoms with Crippen molar-refractivity contribution in [2.75, 3.05) is 0 Å². The molecule has 0 saturated carbocycles. The average molecular weight is 417 g/mol. The molecular formula is C22H19N5O4. The number of fused-ring (bicyclic) bond motifs is 1. The van der Waals surface area contributed by atoms with E-state index in [1.54, 1.807) is 48.8 Å². The summed E-state index contributed by atoms with van der Waals surface area (Å²) in [4.78, 5) is 47.1. The van der Waals surface area contributed by atoms with E-state index in [2.05, 4.69) is 9.98 Å². The molecule has 3 aromatic heterocycles. The number of aliphatic imine (C=N–C) groups is 1. The number of rotatable bonds is 4. The molecule has 9 nitrogen and oxygen atoms in total. The first-order valence-electron chi connectivity index (χ1n) is 9.43. The second kappa shape index (κ2) is 7.86. The van der Waals surface area contributed by atoms with E-state index in [0.29, 0.717) is 5.69 Å². The van der Waals surface area contributed by atoms with Gasteiger partial charge in [0.1, 0.15) is 22.3 Å². The molecule has 0 aliphatic heterocycles. The van der Waals surface area contributed by atoms with Crippen LogP contribution in [0.1, 0.15) is 11.1 Å². The zero-order valence-corrected chi connectivity index (χ0v) is 16.9. The van der Waals surface area contributed by atoms with Crippen LogP contribution in [0.4, 0.5) is 0 Å². The van der Waals surface area contributed by atoms with Crippen LogP contribution in [-0.2, 0) is 20.6 Å². The minimum Gasteiger partial charge on any atom is -0.506 e. The van der Waals surface area contributed by atoms with E-state index < -0.39 is 22.6 Å². The first kappa shape index (κ1) is 20.0. The molecule has 0 amide bonds. The van der Waals surface area contributed by atoms with Gasteiger partial charge in [0.2, 0.25) is 0 Å². The Kier molecular flexibility index (Phi) is 5.08. The maximum Gasteiger partial charge on any atom is 0.332 e. The van der Waals surface area contributed by atoms with Gasteiger partial charge >= 0.3 is 5.69 Å². The summed E-state index contributed by atoms with van der Waals surface area (Å²) in [5.74, 6) is -0.515. The van der Waals surface area contributed by atoms with Crippen LogP contribution in [0, 0.1) is 0 Å². The molecule has 1 aromatic carbocycles. The SMILES string of the molecule is Cn1c(=O)c2c(O)c(C=NCc3cccnc3)c(=O)n(-c3ccccc3)c2n(C)c1=O. The van der Waals surface area contributed by atoms with Crippen molar-refractivity contribution < 1.29 is 5.11 Å². The monoisotopic (exact) mass is 417 g/mol. The molecule has 4 rings (SSSR count). The smallest absolute Gasteiger partial charge is 0.332 e. The molecule has 1 N–H and O–H groups in total. The zero-order chi connectivity index (χ0) is 22.1. The first-order valence-corrected chi connectivity index (χ1v) is 9.43. The lowest BCUT2D eigenvalue weighted by Crippen LogP contribution is -2.40. The van der Waals surface area contributed by atoms with Crippen molar-refractivity contribution in [1.82, 2.24) is 18.7 Å². The highest BCUT2D eigenvalue weighted by molar-refractivity contribution is 5.94. The average Bonchev–Trinajstić information content (AvgIpc) is 2.79. The number of pyridine rings is 2. The molecule has 0 saturated heterocycles.